The Hall–Kier alpha value is -1.35. The van der Waals surface area contributed by atoms with E-state index in [0.29, 0.717) is 5.88 Å². The maximum atomic E-state index is 5.60. The standard InChI is InChI=1S/C10H10ClN3/c11-4-7-13-9-3-6-12-8-2-1-5-14-10(8)9/h1-3,5-6H,4,7H2,(H,12,13). The Balaban J connectivity index is 2.43. The Labute approximate surface area is 87.1 Å². The fraction of sp³-hybridized carbons (Fsp3) is 0.200. The Morgan fingerprint density at radius 3 is 3.00 bits per heavy atom. The summed E-state index contributed by atoms with van der Waals surface area (Å²) in [5.74, 6) is 0.580. The van der Waals surface area contributed by atoms with Gasteiger partial charge >= 0.3 is 0 Å². The summed E-state index contributed by atoms with van der Waals surface area (Å²) in [7, 11) is 0. The van der Waals surface area contributed by atoms with Crippen molar-refractivity contribution in [2.24, 2.45) is 0 Å². The summed E-state index contributed by atoms with van der Waals surface area (Å²) in [6, 6.07) is 5.72. The highest BCUT2D eigenvalue weighted by Gasteiger charge is 2.00. The fourth-order valence-corrected chi connectivity index (χ4v) is 1.40. The SMILES string of the molecule is ClCCNc1ccnc2cccnc12. The van der Waals surface area contributed by atoms with Gasteiger partial charge in [-0.2, -0.15) is 0 Å². The van der Waals surface area contributed by atoms with Crippen LogP contribution >= 0.6 is 11.6 Å². The van der Waals surface area contributed by atoms with Crippen LogP contribution in [0.3, 0.4) is 0 Å². The van der Waals surface area contributed by atoms with E-state index in [0.717, 1.165) is 23.3 Å². The molecule has 0 radical (unpaired) electrons. The lowest BCUT2D eigenvalue weighted by atomic mass is 10.3. The lowest BCUT2D eigenvalue weighted by Crippen LogP contribution is -2.03. The molecule has 0 aromatic carbocycles. The van der Waals surface area contributed by atoms with Crippen LogP contribution in [0.2, 0.25) is 0 Å². The highest BCUT2D eigenvalue weighted by molar-refractivity contribution is 6.18. The molecule has 0 aliphatic carbocycles. The zero-order valence-corrected chi connectivity index (χ0v) is 8.33. The van der Waals surface area contributed by atoms with Crippen LogP contribution in [0.15, 0.2) is 30.6 Å². The van der Waals surface area contributed by atoms with Gasteiger partial charge in [-0.3, -0.25) is 9.97 Å². The van der Waals surface area contributed by atoms with E-state index in [1.54, 1.807) is 12.4 Å². The molecule has 14 heavy (non-hydrogen) atoms. The number of halogens is 1. The van der Waals surface area contributed by atoms with E-state index in [-0.39, 0.29) is 0 Å². The third kappa shape index (κ3) is 1.77. The number of anilines is 1. The average molecular weight is 208 g/mol. The van der Waals surface area contributed by atoms with E-state index < -0.39 is 0 Å². The first kappa shape index (κ1) is 9.21. The van der Waals surface area contributed by atoms with Crippen LogP contribution in [0.5, 0.6) is 0 Å². The van der Waals surface area contributed by atoms with Gasteiger partial charge in [-0.1, -0.05) is 0 Å². The number of pyridine rings is 2. The smallest absolute Gasteiger partial charge is 0.112 e. The van der Waals surface area contributed by atoms with Crippen LogP contribution in [-0.2, 0) is 0 Å². The van der Waals surface area contributed by atoms with Crippen molar-refractivity contribution in [3.63, 3.8) is 0 Å². The fourth-order valence-electron chi connectivity index (χ4n) is 1.30. The second-order valence-electron chi connectivity index (χ2n) is 2.85. The minimum atomic E-state index is 0.580. The summed E-state index contributed by atoms with van der Waals surface area (Å²) in [5, 5.41) is 3.20. The van der Waals surface area contributed by atoms with Crippen molar-refractivity contribution in [1.29, 1.82) is 0 Å². The number of aromatic nitrogens is 2. The molecule has 0 amide bonds. The zero-order chi connectivity index (χ0) is 9.80. The summed E-state index contributed by atoms with van der Waals surface area (Å²) in [5.41, 5.74) is 2.77. The number of nitrogens with zero attached hydrogens (tertiary/aromatic N) is 2. The molecule has 0 saturated carbocycles. The molecular formula is C10H10ClN3. The summed E-state index contributed by atoms with van der Waals surface area (Å²) in [6.07, 6.45) is 3.52. The van der Waals surface area contributed by atoms with E-state index in [2.05, 4.69) is 15.3 Å². The molecule has 0 unspecified atom stereocenters. The summed E-state index contributed by atoms with van der Waals surface area (Å²) in [6.45, 7) is 0.733. The molecule has 0 saturated heterocycles. The van der Waals surface area contributed by atoms with E-state index in [9.17, 15) is 0 Å². The first-order chi connectivity index (χ1) is 6.92. The molecule has 1 N–H and O–H groups in total. The van der Waals surface area contributed by atoms with Gasteiger partial charge in [-0.15, -0.1) is 11.6 Å². The summed E-state index contributed by atoms with van der Waals surface area (Å²) >= 11 is 5.60. The Morgan fingerprint density at radius 1 is 1.21 bits per heavy atom. The van der Waals surface area contributed by atoms with Crippen molar-refractivity contribution in [3.8, 4) is 0 Å². The number of hydrogen-bond acceptors (Lipinski definition) is 3. The monoisotopic (exact) mass is 207 g/mol. The molecule has 0 spiro atoms. The molecule has 2 aromatic rings. The van der Waals surface area contributed by atoms with Crippen molar-refractivity contribution in [3.05, 3.63) is 30.6 Å². The number of fused-ring (bicyclic) bond motifs is 1. The quantitative estimate of drug-likeness (QED) is 0.785. The van der Waals surface area contributed by atoms with Crippen molar-refractivity contribution in [2.45, 2.75) is 0 Å². The predicted octanol–water partition coefficient (Wildman–Crippen LogP) is 2.28. The number of rotatable bonds is 3. The van der Waals surface area contributed by atoms with Gasteiger partial charge in [-0.05, 0) is 18.2 Å². The van der Waals surface area contributed by atoms with E-state index in [1.165, 1.54) is 0 Å². The van der Waals surface area contributed by atoms with Crippen LogP contribution in [0.25, 0.3) is 11.0 Å². The molecule has 2 aromatic heterocycles. The Bertz CT molecular complexity index is 425. The van der Waals surface area contributed by atoms with Gasteiger partial charge in [0, 0.05) is 24.8 Å². The highest BCUT2D eigenvalue weighted by atomic mass is 35.5. The maximum Gasteiger partial charge on any atom is 0.112 e. The van der Waals surface area contributed by atoms with Crippen LogP contribution in [0.1, 0.15) is 0 Å². The van der Waals surface area contributed by atoms with Crippen molar-refractivity contribution < 1.29 is 0 Å². The highest BCUT2D eigenvalue weighted by Crippen LogP contribution is 2.17. The number of hydrogen-bond donors (Lipinski definition) is 1. The molecule has 0 atom stereocenters. The van der Waals surface area contributed by atoms with Crippen molar-refractivity contribution >= 4 is 28.3 Å². The predicted molar refractivity (Wildman–Crippen MR) is 58.7 cm³/mol. The first-order valence-electron chi connectivity index (χ1n) is 4.41. The molecule has 0 fully saturated rings. The second kappa shape index (κ2) is 4.24. The third-order valence-electron chi connectivity index (χ3n) is 1.91. The molecule has 0 aliphatic rings. The average Bonchev–Trinajstić information content (AvgIpc) is 2.26. The van der Waals surface area contributed by atoms with Crippen LogP contribution < -0.4 is 5.32 Å². The number of alkyl halides is 1. The maximum absolute atomic E-state index is 5.60. The summed E-state index contributed by atoms with van der Waals surface area (Å²) < 4.78 is 0. The largest absolute Gasteiger partial charge is 0.382 e. The molecule has 72 valence electrons. The third-order valence-corrected chi connectivity index (χ3v) is 2.10. The minimum absolute atomic E-state index is 0.580. The first-order valence-corrected chi connectivity index (χ1v) is 4.95. The van der Waals surface area contributed by atoms with E-state index >= 15 is 0 Å². The molecule has 3 nitrogen and oxygen atoms in total. The van der Waals surface area contributed by atoms with Gasteiger partial charge in [0.1, 0.15) is 5.52 Å². The van der Waals surface area contributed by atoms with Crippen LogP contribution in [0.4, 0.5) is 5.69 Å². The van der Waals surface area contributed by atoms with Gasteiger partial charge < -0.3 is 5.32 Å². The zero-order valence-electron chi connectivity index (χ0n) is 7.57. The lowest BCUT2D eigenvalue weighted by Gasteiger charge is -2.05. The molecule has 0 aliphatic heterocycles. The van der Waals surface area contributed by atoms with E-state index in [4.69, 9.17) is 11.6 Å². The van der Waals surface area contributed by atoms with Crippen molar-refractivity contribution in [1.82, 2.24) is 9.97 Å². The second-order valence-corrected chi connectivity index (χ2v) is 3.22. The number of nitrogens with one attached hydrogen (secondary N) is 1. The van der Waals surface area contributed by atoms with Gasteiger partial charge in [0.05, 0.1) is 11.2 Å². The lowest BCUT2D eigenvalue weighted by molar-refractivity contribution is 1.21. The normalized spacial score (nSPS) is 10.4. The molecular weight excluding hydrogens is 198 g/mol. The molecule has 4 heteroatoms. The minimum Gasteiger partial charge on any atom is -0.382 e. The van der Waals surface area contributed by atoms with Gasteiger partial charge in [0.15, 0.2) is 0 Å². The summed E-state index contributed by atoms with van der Waals surface area (Å²) in [4.78, 5) is 8.48. The molecule has 0 bridgehead atoms. The van der Waals surface area contributed by atoms with E-state index in [1.807, 2.05) is 18.2 Å². The van der Waals surface area contributed by atoms with Crippen molar-refractivity contribution in [2.75, 3.05) is 17.7 Å². The van der Waals surface area contributed by atoms with Gasteiger partial charge in [-0.25, -0.2) is 0 Å². The molecule has 2 rings (SSSR count). The Morgan fingerprint density at radius 2 is 2.14 bits per heavy atom. The van der Waals surface area contributed by atoms with Gasteiger partial charge in [0.2, 0.25) is 0 Å². The van der Waals surface area contributed by atoms with Gasteiger partial charge in [0.25, 0.3) is 0 Å². The molecule has 2 heterocycles. The Kier molecular flexibility index (Phi) is 2.79. The topological polar surface area (TPSA) is 37.8 Å². The van der Waals surface area contributed by atoms with Crippen LogP contribution in [0, 0.1) is 0 Å². The van der Waals surface area contributed by atoms with Crippen LogP contribution in [-0.4, -0.2) is 22.4 Å².